The fourth-order valence-electron chi connectivity index (χ4n) is 2.15. The van der Waals surface area contributed by atoms with Crippen molar-refractivity contribution >= 4 is 26.0 Å². The number of ether oxygens (including phenoxy) is 1. The highest BCUT2D eigenvalue weighted by atomic mass is 79.9. The number of aryl methyl sites for hydroxylation is 1. The summed E-state index contributed by atoms with van der Waals surface area (Å²) in [4.78, 5) is 0.133. The minimum Gasteiger partial charge on any atom is -0.495 e. The first-order valence-electron chi connectivity index (χ1n) is 6.82. The van der Waals surface area contributed by atoms with Gasteiger partial charge in [-0.2, -0.15) is 0 Å². The molecule has 0 fully saturated rings. The minimum atomic E-state index is -3.61. The van der Waals surface area contributed by atoms with Crippen LogP contribution < -0.4 is 9.46 Å². The number of methoxy groups -OCH3 is 1. The van der Waals surface area contributed by atoms with Crippen molar-refractivity contribution < 1.29 is 13.2 Å². The van der Waals surface area contributed by atoms with Crippen LogP contribution in [0, 0.1) is 6.92 Å². The minimum absolute atomic E-state index is 0.133. The van der Waals surface area contributed by atoms with E-state index in [2.05, 4.69) is 20.7 Å². The lowest BCUT2D eigenvalue weighted by molar-refractivity contribution is 0.402. The van der Waals surface area contributed by atoms with E-state index in [9.17, 15) is 8.42 Å². The third kappa shape index (κ3) is 4.09. The van der Waals surface area contributed by atoms with Crippen LogP contribution in [-0.2, 0) is 16.4 Å². The number of nitrogens with one attached hydrogen (secondary N) is 1. The van der Waals surface area contributed by atoms with Crippen molar-refractivity contribution in [3.8, 4) is 5.75 Å². The molecule has 0 spiro atoms. The zero-order chi connectivity index (χ0) is 16.2. The number of halogens is 1. The molecule has 0 bridgehead atoms. The maximum atomic E-state index is 12.4. The highest BCUT2D eigenvalue weighted by Gasteiger charge is 2.19. The Bertz CT molecular complexity index is 760. The Hall–Kier alpha value is -1.37. The smallest absolute Gasteiger partial charge is 0.244 e. The molecule has 118 valence electrons. The first kappa shape index (κ1) is 17.0. The van der Waals surface area contributed by atoms with Gasteiger partial charge in [-0.05, 0) is 42.7 Å². The van der Waals surface area contributed by atoms with Crippen LogP contribution in [0.1, 0.15) is 11.1 Å². The summed E-state index contributed by atoms with van der Waals surface area (Å²) >= 11 is 3.28. The molecule has 0 unspecified atom stereocenters. The van der Waals surface area contributed by atoms with Gasteiger partial charge in [0.2, 0.25) is 10.0 Å². The molecule has 0 aliphatic rings. The van der Waals surface area contributed by atoms with Crippen LogP contribution in [0.4, 0.5) is 0 Å². The summed E-state index contributed by atoms with van der Waals surface area (Å²) < 4.78 is 33.3. The van der Waals surface area contributed by atoms with E-state index in [0.29, 0.717) is 23.2 Å². The fraction of sp³-hybridized carbons (Fsp3) is 0.250. The van der Waals surface area contributed by atoms with Crippen LogP contribution in [0.5, 0.6) is 5.75 Å². The molecule has 0 aromatic heterocycles. The number of rotatable bonds is 6. The molecule has 0 aliphatic carbocycles. The average molecular weight is 384 g/mol. The molecular formula is C16H18BrNO3S. The van der Waals surface area contributed by atoms with E-state index in [1.54, 1.807) is 12.1 Å². The molecule has 4 nitrogen and oxygen atoms in total. The quantitative estimate of drug-likeness (QED) is 0.832. The van der Waals surface area contributed by atoms with Crippen molar-refractivity contribution in [3.05, 3.63) is 58.1 Å². The van der Waals surface area contributed by atoms with Gasteiger partial charge >= 0.3 is 0 Å². The van der Waals surface area contributed by atoms with Crippen LogP contribution in [0.2, 0.25) is 0 Å². The lowest BCUT2D eigenvalue weighted by Crippen LogP contribution is -2.26. The molecule has 1 N–H and O–H groups in total. The second-order valence-corrected chi connectivity index (χ2v) is 7.52. The predicted octanol–water partition coefficient (Wildman–Crippen LogP) is 3.29. The van der Waals surface area contributed by atoms with Gasteiger partial charge < -0.3 is 4.74 Å². The van der Waals surface area contributed by atoms with Gasteiger partial charge in [0.15, 0.2) is 0 Å². The average Bonchev–Trinajstić information content (AvgIpc) is 2.49. The highest BCUT2D eigenvalue weighted by molar-refractivity contribution is 9.10. The molecule has 2 aromatic rings. The Balaban J connectivity index is 2.12. The molecule has 0 atom stereocenters. The number of hydrogen-bond acceptors (Lipinski definition) is 3. The lowest BCUT2D eigenvalue weighted by atomic mass is 10.1. The topological polar surface area (TPSA) is 55.4 Å². The Labute approximate surface area is 139 Å². The second-order valence-electron chi connectivity index (χ2n) is 4.87. The van der Waals surface area contributed by atoms with E-state index in [4.69, 9.17) is 4.74 Å². The summed E-state index contributed by atoms with van der Waals surface area (Å²) in [6, 6.07) is 12.8. The summed E-state index contributed by atoms with van der Waals surface area (Å²) in [5.41, 5.74) is 2.29. The van der Waals surface area contributed by atoms with Gasteiger partial charge in [0, 0.05) is 11.0 Å². The molecule has 0 heterocycles. The SMILES string of the molecule is COc1ccc(Br)cc1S(=O)(=O)NCCc1ccccc1C. The lowest BCUT2D eigenvalue weighted by Gasteiger charge is -2.11. The van der Waals surface area contributed by atoms with Gasteiger partial charge in [-0.3, -0.25) is 0 Å². The van der Waals surface area contributed by atoms with E-state index in [0.717, 1.165) is 11.1 Å². The summed E-state index contributed by atoms with van der Waals surface area (Å²) in [5.74, 6) is 0.326. The third-order valence-electron chi connectivity index (χ3n) is 3.36. The molecular weight excluding hydrogens is 366 g/mol. The summed E-state index contributed by atoms with van der Waals surface area (Å²) in [6.07, 6.45) is 0.641. The molecule has 0 saturated carbocycles. The molecule has 22 heavy (non-hydrogen) atoms. The van der Waals surface area contributed by atoms with Crippen LogP contribution in [0.25, 0.3) is 0 Å². The largest absolute Gasteiger partial charge is 0.495 e. The van der Waals surface area contributed by atoms with Crippen molar-refractivity contribution in [3.63, 3.8) is 0 Å². The maximum absolute atomic E-state index is 12.4. The summed E-state index contributed by atoms with van der Waals surface area (Å²) in [5, 5.41) is 0. The molecule has 0 saturated heterocycles. The van der Waals surface area contributed by atoms with Crippen molar-refractivity contribution in [2.45, 2.75) is 18.2 Å². The third-order valence-corrected chi connectivity index (χ3v) is 5.34. The van der Waals surface area contributed by atoms with Crippen LogP contribution in [0.3, 0.4) is 0 Å². The van der Waals surface area contributed by atoms with E-state index in [-0.39, 0.29) is 4.90 Å². The first-order valence-corrected chi connectivity index (χ1v) is 9.09. The number of hydrogen-bond donors (Lipinski definition) is 1. The Morgan fingerprint density at radius 2 is 1.91 bits per heavy atom. The van der Waals surface area contributed by atoms with Crippen molar-refractivity contribution in [1.29, 1.82) is 0 Å². The van der Waals surface area contributed by atoms with Crippen LogP contribution in [0.15, 0.2) is 51.8 Å². The van der Waals surface area contributed by atoms with Crippen molar-refractivity contribution in [2.24, 2.45) is 0 Å². The molecule has 6 heteroatoms. The van der Waals surface area contributed by atoms with Crippen LogP contribution in [-0.4, -0.2) is 22.1 Å². The molecule has 0 radical (unpaired) electrons. The van der Waals surface area contributed by atoms with E-state index < -0.39 is 10.0 Å². The van der Waals surface area contributed by atoms with E-state index in [1.807, 2.05) is 31.2 Å². The van der Waals surface area contributed by atoms with Gasteiger partial charge in [-0.25, -0.2) is 13.1 Å². The second kappa shape index (κ2) is 7.26. The Morgan fingerprint density at radius 1 is 1.18 bits per heavy atom. The Kier molecular flexibility index (Phi) is 5.61. The first-order chi connectivity index (χ1) is 10.4. The van der Waals surface area contributed by atoms with Gasteiger partial charge in [0.25, 0.3) is 0 Å². The van der Waals surface area contributed by atoms with Gasteiger partial charge in [0.05, 0.1) is 7.11 Å². The zero-order valence-electron chi connectivity index (χ0n) is 12.5. The van der Waals surface area contributed by atoms with Crippen molar-refractivity contribution in [1.82, 2.24) is 4.72 Å². The van der Waals surface area contributed by atoms with E-state index in [1.165, 1.54) is 13.2 Å². The van der Waals surface area contributed by atoms with Gasteiger partial charge in [0.1, 0.15) is 10.6 Å². The fourth-order valence-corrected chi connectivity index (χ4v) is 3.89. The monoisotopic (exact) mass is 383 g/mol. The zero-order valence-corrected chi connectivity index (χ0v) is 14.9. The maximum Gasteiger partial charge on any atom is 0.244 e. The Morgan fingerprint density at radius 3 is 2.59 bits per heavy atom. The van der Waals surface area contributed by atoms with Crippen LogP contribution >= 0.6 is 15.9 Å². The molecule has 0 amide bonds. The van der Waals surface area contributed by atoms with E-state index >= 15 is 0 Å². The van der Waals surface area contributed by atoms with Gasteiger partial charge in [-0.1, -0.05) is 40.2 Å². The number of sulfonamides is 1. The predicted molar refractivity (Wildman–Crippen MR) is 90.8 cm³/mol. The van der Waals surface area contributed by atoms with Crippen molar-refractivity contribution in [2.75, 3.05) is 13.7 Å². The standard InChI is InChI=1S/C16H18BrNO3S/c1-12-5-3-4-6-13(12)9-10-18-22(19,20)16-11-14(17)7-8-15(16)21-2/h3-8,11,18H,9-10H2,1-2H3. The number of benzene rings is 2. The molecule has 2 rings (SSSR count). The normalized spacial score (nSPS) is 11.4. The summed E-state index contributed by atoms with van der Waals surface area (Å²) in [6.45, 7) is 2.35. The van der Waals surface area contributed by atoms with Gasteiger partial charge in [-0.15, -0.1) is 0 Å². The molecule has 0 aliphatic heterocycles. The molecule has 2 aromatic carbocycles. The highest BCUT2D eigenvalue weighted by Crippen LogP contribution is 2.27. The summed E-state index contributed by atoms with van der Waals surface area (Å²) in [7, 11) is -2.16.